The number of allylic oxidation sites excluding steroid dienone is 2. The van der Waals surface area contributed by atoms with Crippen LogP contribution < -0.4 is 0 Å². The van der Waals surface area contributed by atoms with Crippen LogP contribution in [0.15, 0.2) is 166 Å². The van der Waals surface area contributed by atoms with Gasteiger partial charge in [0.05, 0.1) is 11.2 Å². The highest BCUT2D eigenvalue weighted by Crippen LogP contribution is 2.58. The third-order valence-electron chi connectivity index (χ3n) is 13.4. The molecule has 274 valence electrons. The van der Waals surface area contributed by atoms with Gasteiger partial charge < -0.3 is 13.4 Å². The molecule has 7 aromatic carbocycles. The van der Waals surface area contributed by atoms with Crippen LogP contribution in [-0.4, -0.2) is 4.57 Å². The molecule has 2 aliphatic rings. The number of nitrogens with zero attached hydrogens (tertiary/aromatic N) is 1. The number of aromatic nitrogens is 1. The molecule has 3 heterocycles. The van der Waals surface area contributed by atoms with E-state index in [0.29, 0.717) is 0 Å². The second-order valence-corrected chi connectivity index (χ2v) is 17.2. The Kier molecular flexibility index (Phi) is 6.58. The zero-order valence-corrected chi connectivity index (χ0v) is 32.6. The van der Waals surface area contributed by atoms with Crippen LogP contribution in [0.25, 0.3) is 88.3 Å². The minimum atomic E-state index is -0.205. The molecular formula is C54H41NO2. The highest BCUT2D eigenvalue weighted by molar-refractivity contribution is 6.12. The molecular weight excluding hydrogens is 695 g/mol. The molecule has 2 aliphatic carbocycles. The van der Waals surface area contributed by atoms with Crippen LogP contribution in [0.2, 0.25) is 0 Å². The van der Waals surface area contributed by atoms with Crippen molar-refractivity contribution >= 4 is 60.4 Å². The Morgan fingerprint density at radius 2 is 0.982 bits per heavy atom. The van der Waals surface area contributed by atoms with Gasteiger partial charge >= 0.3 is 0 Å². The maximum atomic E-state index is 6.71. The van der Waals surface area contributed by atoms with Crippen LogP contribution in [0.5, 0.6) is 0 Å². The van der Waals surface area contributed by atoms with Crippen molar-refractivity contribution in [1.29, 1.82) is 0 Å². The van der Waals surface area contributed by atoms with Crippen molar-refractivity contribution in [2.24, 2.45) is 0 Å². The summed E-state index contributed by atoms with van der Waals surface area (Å²) in [5.74, 6) is 0. The fraction of sp³-hybridized carbons (Fsp3) is 0.148. The molecule has 0 saturated carbocycles. The fourth-order valence-electron chi connectivity index (χ4n) is 10.8. The lowest BCUT2D eigenvalue weighted by molar-refractivity contribution is 0.518. The van der Waals surface area contributed by atoms with Gasteiger partial charge in [0, 0.05) is 54.6 Å². The molecule has 0 aliphatic heterocycles. The average Bonchev–Trinajstić information content (AvgIpc) is 3.92. The SMILES string of the molecule is CC1(C)C2=C(c3c(c4ccccc4n3-c3cc(-c4cccc5c4oc4ccccc45)cc(-c4cccc5c4oc4ccccc45)c3)CC2)C(C)(C)c2ccccc21. The van der Waals surface area contributed by atoms with Crippen LogP contribution in [0.4, 0.5) is 0 Å². The predicted molar refractivity (Wildman–Crippen MR) is 236 cm³/mol. The van der Waals surface area contributed by atoms with Crippen LogP contribution in [0, 0.1) is 0 Å². The lowest BCUT2D eigenvalue weighted by Crippen LogP contribution is -2.38. The molecule has 0 spiro atoms. The lowest BCUT2D eigenvalue weighted by Gasteiger charge is -2.47. The Morgan fingerprint density at radius 1 is 0.474 bits per heavy atom. The second-order valence-electron chi connectivity index (χ2n) is 17.2. The molecule has 0 amide bonds. The van der Waals surface area contributed by atoms with Gasteiger partial charge in [0.15, 0.2) is 0 Å². The van der Waals surface area contributed by atoms with Crippen LogP contribution in [-0.2, 0) is 17.3 Å². The molecule has 0 fully saturated rings. The summed E-state index contributed by atoms with van der Waals surface area (Å²) >= 11 is 0. The van der Waals surface area contributed by atoms with Crippen molar-refractivity contribution < 1.29 is 8.83 Å². The zero-order chi connectivity index (χ0) is 38.2. The van der Waals surface area contributed by atoms with E-state index in [1.165, 1.54) is 38.9 Å². The summed E-state index contributed by atoms with van der Waals surface area (Å²) in [6.45, 7) is 9.77. The van der Waals surface area contributed by atoms with Gasteiger partial charge in [0.1, 0.15) is 22.3 Å². The van der Waals surface area contributed by atoms with Crippen molar-refractivity contribution in [3.63, 3.8) is 0 Å². The standard InChI is InChI=1S/C54H41NO2/c1-53(2)43-22-8-9-23-44(43)54(3,4)49-45(53)28-27-40-37-15-5-10-24-46(37)55(50(40)49)34-30-32(35-18-13-20-41-38-16-6-11-25-47(38)56-51(35)41)29-33(31-34)36-19-14-21-42-39-17-7-12-26-48(39)57-52(36)42/h5-26,29-31H,27-28H2,1-4H3. The van der Waals surface area contributed by atoms with E-state index < -0.39 is 0 Å². The van der Waals surface area contributed by atoms with E-state index in [0.717, 1.165) is 84.7 Å². The summed E-state index contributed by atoms with van der Waals surface area (Å²) in [4.78, 5) is 0. The Labute approximate surface area is 331 Å². The molecule has 0 bridgehead atoms. The first-order valence-corrected chi connectivity index (χ1v) is 20.2. The van der Waals surface area contributed by atoms with Gasteiger partial charge in [-0.25, -0.2) is 0 Å². The summed E-state index contributed by atoms with van der Waals surface area (Å²) in [6.07, 6.45) is 2.06. The van der Waals surface area contributed by atoms with E-state index in [9.17, 15) is 0 Å². The first kappa shape index (κ1) is 32.6. The summed E-state index contributed by atoms with van der Waals surface area (Å²) in [7, 11) is 0. The van der Waals surface area contributed by atoms with Crippen molar-refractivity contribution in [2.75, 3.05) is 0 Å². The summed E-state index contributed by atoms with van der Waals surface area (Å²) < 4.78 is 16.0. The second kappa shape index (κ2) is 11.5. The normalized spacial score (nSPS) is 15.8. The van der Waals surface area contributed by atoms with Crippen molar-refractivity contribution in [1.82, 2.24) is 4.57 Å². The zero-order valence-electron chi connectivity index (χ0n) is 32.6. The first-order valence-electron chi connectivity index (χ1n) is 20.2. The Balaban J connectivity index is 1.20. The molecule has 0 saturated heterocycles. The highest BCUT2D eigenvalue weighted by Gasteiger charge is 2.47. The van der Waals surface area contributed by atoms with Crippen LogP contribution in [0.1, 0.15) is 56.5 Å². The van der Waals surface area contributed by atoms with Gasteiger partial charge in [0.25, 0.3) is 0 Å². The van der Waals surface area contributed by atoms with Gasteiger partial charge in [-0.05, 0) is 82.6 Å². The first-order chi connectivity index (χ1) is 27.8. The van der Waals surface area contributed by atoms with Gasteiger partial charge in [-0.3, -0.25) is 0 Å². The van der Waals surface area contributed by atoms with Crippen molar-refractivity contribution in [2.45, 2.75) is 51.4 Å². The fourth-order valence-corrected chi connectivity index (χ4v) is 10.8. The number of fused-ring (bicyclic) bond motifs is 11. The molecule has 3 nitrogen and oxygen atoms in total. The quantitative estimate of drug-likeness (QED) is 0.181. The molecule has 0 atom stereocenters. The minimum Gasteiger partial charge on any atom is -0.455 e. The molecule has 10 aromatic rings. The van der Waals surface area contributed by atoms with Crippen molar-refractivity contribution in [3.8, 4) is 27.9 Å². The molecule has 3 heteroatoms. The lowest BCUT2D eigenvalue weighted by atomic mass is 9.57. The molecule has 0 N–H and O–H groups in total. The van der Waals surface area contributed by atoms with Crippen molar-refractivity contribution in [3.05, 3.63) is 180 Å². The third-order valence-corrected chi connectivity index (χ3v) is 13.4. The van der Waals surface area contributed by atoms with Crippen LogP contribution >= 0.6 is 0 Å². The Bertz CT molecular complexity index is 3230. The van der Waals surface area contributed by atoms with E-state index >= 15 is 0 Å². The van der Waals surface area contributed by atoms with Crippen LogP contribution in [0.3, 0.4) is 0 Å². The van der Waals surface area contributed by atoms with Gasteiger partial charge in [-0.15, -0.1) is 0 Å². The number of para-hydroxylation sites is 5. The number of rotatable bonds is 3. The smallest absolute Gasteiger partial charge is 0.143 e. The number of hydrogen-bond donors (Lipinski definition) is 0. The molecule has 57 heavy (non-hydrogen) atoms. The van der Waals surface area contributed by atoms with E-state index in [4.69, 9.17) is 8.83 Å². The summed E-state index contributed by atoms with van der Waals surface area (Å²) in [5, 5.41) is 5.84. The van der Waals surface area contributed by atoms with Gasteiger partial charge in [-0.2, -0.15) is 0 Å². The Hall–Kier alpha value is -6.58. The minimum absolute atomic E-state index is 0.0959. The molecule has 0 radical (unpaired) electrons. The van der Waals surface area contributed by atoms with E-state index in [1.807, 2.05) is 12.1 Å². The predicted octanol–water partition coefficient (Wildman–Crippen LogP) is 14.7. The number of furan rings is 2. The molecule has 12 rings (SSSR count). The maximum absolute atomic E-state index is 6.71. The number of aryl methyl sites for hydroxylation is 1. The largest absolute Gasteiger partial charge is 0.455 e. The monoisotopic (exact) mass is 735 g/mol. The average molecular weight is 736 g/mol. The molecule has 3 aromatic heterocycles. The summed E-state index contributed by atoms with van der Waals surface area (Å²) in [6, 6.07) is 55.2. The van der Waals surface area contributed by atoms with E-state index in [1.54, 1.807) is 5.57 Å². The van der Waals surface area contributed by atoms with E-state index in [2.05, 4.69) is 172 Å². The topological polar surface area (TPSA) is 31.2 Å². The third kappa shape index (κ3) is 4.43. The maximum Gasteiger partial charge on any atom is 0.143 e. The Morgan fingerprint density at radius 3 is 1.60 bits per heavy atom. The highest BCUT2D eigenvalue weighted by atomic mass is 16.3. The molecule has 0 unspecified atom stereocenters. The van der Waals surface area contributed by atoms with Gasteiger partial charge in [-0.1, -0.05) is 149 Å². The van der Waals surface area contributed by atoms with Gasteiger partial charge in [0.2, 0.25) is 0 Å². The number of benzene rings is 7. The summed E-state index contributed by atoms with van der Waals surface area (Å²) in [5.41, 5.74) is 18.7. The number of hydrogen-bond acceptors (Lipinski definition) is 2. The van der Waals surface area contributed by atoms with E-state index in [-0.39, 0.29) is 10.8 Å².